The van der Waals surface area contributed by atoms with Gasteiger partial charge in [-0.15, -0.1) is 11.6 Å². The van der Waals surface area contributed by atoms with Crippen LogP contribution >= 0.6 is 23.4 Å². The summed E-state index contributed by atoms with van der Waals surface area (Å²) in [5, 5.41) is 0.870. The number of alkyl halides is 1. The van der Waals surface area contributed by atoms with Crippen molar-refractivity contribution in [2.24, 2.45) is 4.99 Å². The highest BCUT2D eigenvalue weighted by molar-refractivity contribution is 8.13. The van der Waals surface area contributed by atoms with Crippen molar-refractivity contribution in [1.29, 1.82) is 0 Å². The molecule has 24 heavy (non-hydrogen) atoms. The molecule has 142 valence electrons. The molecule has 0 radical (unpaired) electrons. The van der Waals surface area contributed by atoms with Gasteiger partial charge in [-0.25, -0.2) is 0 Å². The first-order valence-corrected chi connectivity index (χ1v) is 11.3. The molecule has 0 aliphatic heterocycles. The number of carbonyl (C=O) groups excluding carboxylic acids is 1. The van der Waals surface area contributed by atoms with Crippen molar-refractivity contribution in [3.8, 4) is 0 Å². The SMILES string of the molecule is CCCCCCCN=C(SCC)N(CCCCCCC)C(=O)CCl. The van der Waals surface area contributed by atoms with E-state index in [1.165, 1.54) is 51.4 Å². The molecule has 0 saturated heterocycles. The molecule has 0 aliphatic carbocycles. The van der Waals surface area contributed by atoms with Crippen LogP contribution in [0.1, 0.15) is 85.0 Å². The topological polar surface area (TPSA) is 32.7 Å². The number of aliphatic imine (C=N–C) groups is 1. The molecule has 0 saturated carbocycles. The Morgan fingerprint density at radius 3 is 2.04 bits per heavy atom. The summed E-state index contributed by atoms with van der Waals surface area (Å²) in [6, 6.07) is 0. The Morgan fingerprint density at radius 1 is 0.917 bits per heavy atom. The fourth-order valence-corrected chi connectivity index (χ4v) is 3.43. The molecule has 0 atom stereocenters. The molecule has 1 amide bonds. The number of unbranched alkanes of at least 4 members (excludes halogenated alkanes) is 8. The molecule has 3 nitrogen and oxygen atoms in total. The summed E-state index contributed by atoms with van der Waals surface area (Å²) < 4.78 is 0. The van der Waals surface area contributed by atoms with Gasteiger partial charge in [0.2, 0.25) is 5.91 Å². The monoisotopic (exact) mass is 376 g/mol. The Labute approximate surface area is 159 Å². The van der Waals surface area contributed by atoms with E-state index >= 15 is 0 Å². The van der Waals surface area contributed by atoms with E-state index in [1.54, 1.807) is 11.8 Å². The summed E-state index contributed by atoms with van der Waals surface area (Å²) >= 11 is 7.48. The van der Waals surface area contributed by atoms with E-state index < -0.39 is 0 Å². The summed E-state index contributed by atoms with van der Waals surface area (Å²) in [4.78, 5) is 18.8. The van der Waals surface area contributed by atoms with Gasteiger partial charge in [0, 0.05) is 13.1 Å². The van der Waals surface area contributed by atoms with Crippen LogP contribution in [0.15, 0.2) is 4.99 Å². The van der Waals surface area contributed by atoms with Gasteiger partial charge in [-0.1, -0.05) is 83.9 Å². The normalized spacial score (nSPS) is 11.8. The zero-order chi connectivity index (χ0) is 18.0. The summed E-state index contributed by atoms with van der Waals surface area (Å²) in [6.45, 7) is 8.10. The molecule has 0 fully saturated rings. The standard InChI is InChI=1S/C19H37ClN2OS/c1-4-7-9-11-13-15-21-19(24-6-3)22(18(23)17-20)16-14-12-10-8-5-2/h4-17H2,1-3H3. The third-order valence-corrected chi connectivity index (χ3v) is 5.04. The number of hydrogen-bond acceptors (Lipinski definition) is 3. The Balaban J connectivity index is 4.51. The molecule has 0 aromatic rings. The number of rotatable bonds is 14. The van der Waals surface area contributed by atoms with E-state index in [1.807, 2.05) is 4.90 Å². The number of carbonyl (C=O) groups is 1. The fraction of sp³-hybridized carbons (Fsp3) is 0.895. The predicted molar refractivity (Wildman–Crippen MR) is 110 cm³/mol. The minimum absolute atomic E-state index is 0.0159. The van der Waals surface area contributed by atoms with Gasteiger partial charge >= 0.3 is 0 Å². The summed E-state index contributed by atoms with van der Waals surface area (Å²) in [5.74, 6) is 0.948. The Kier molecular flexibility index (Phi) is 17.4. The molecule has 0 aromatic carbocycles. The van der Waals surface area contributed by atoms with Crippen LogP contribution in [0.3, 0.4) is 0 Å². The van der Waals surface area contributed by atoms with Gasteiger partial charge in [0.1, 0.15) is 5.88 Å². The molecule has 0 rings (SSSR count). The third-order valence-electron chi connectivity index (χ3n) is 3.91. The molecule has 0 spiro atoms. The lowest BCUT2D eigenvalue weighted by Gasteiger charge is -2.23. The van der Waals surface area contributed by atoms with Crippen LogP contribution < -0.4 is 0 Å². The van der Waals surface area contributed by atoms with E-state index in [0.29, 0.717) is 0 Å². The number of amides is 1. The van der Waals surface area contributed by atoms with Gasteiger partial charge in [-0.3, -0.25) is 14.7 Å². The summed E-state index contributed by atoms with van der Waals surface area (Å²) in [6.07, 6.45) is 12.1. The molecule has 0 heterocycles. The second-order valence-corrected chi connectivity index (χ2v) is 7.60. The van der Waals surface area contributed by atoms with Gasteiger partial charge in [-0.05, 0) is 18.6 Å². The lowest BCUT2D eigenvalue weighted by Crippen LogP contribution is -2.37. The zero-order valence-electron chi connectivity index (χ0n) is 16.0. The van der Waals surface area contributed by atoms with E-state index in [0.717, 1.165) is 36.9 Å². The van der Waals surface area contributed by atoms with Crippen molar-refractivity contribution in [3.63, 3.8) is 0 Å². The molecule has 0 bridgehead atoms. The maximum atomic E-state index is 12.2. The predicted octanol–water partition coefficient (Wildman–Crippen LogP) is 6.10. The molecule has 5 heteroatoms. The molecular formula is C19H37ClN2OS. The lowest BCUT2D eigenvalue weighted by atomic mass is 10.1. The number of amidine groups is 1. The first-order valence-electron chi connectivity index (χ1n) is 9.74. The molecule has 0 aliphatic rings. The smallest absolute Gasteiger partial charge is 0.243 e. The van der Waals surface area contributed by atoms with Gasteiger partial charge in [0.15, 0.2) is 5.17 Å². The van der Waals surface area contributed by atoms with E-state index in [9.17, 15) is 4.79 Å². The Morgan fingerprint density at radius 2 is 1.50 bits per heavy atom. The first-order chi connectivity index (χ1) is 11.7. The van der Waals surface area contributed by atoms with Crippen LogP contribution in [0.4, 0.5) is 0 Å². The third kappa shape index (κ3) is 12.2. The van der Waals surface area contributed by atoms with Gasteiger partial charge < -0.3 is 0 Å². The molecule has 0 aromatic heterocycles. The fourth-order valence-electron chi connectivity index (χ4n) is 2.50. The van der Waals surface area contributed by atoms with Crippen LogP contribution in [-0.4, -0.2) is 40.7 Å². The Bertz CT molecular complexity index is 337. The van der Waals surface area contributed by atoms with Gasteiger partial charge in [0.25, 0.3) is 0 Å². The average molecular weight is 377 g/mol. The minimum atomic E-state index is -0.0159. The molecule has 0 unspecified atom stereocenters. The molecule has 0 N–H and O–H groups in total. The summed E-state index contributed by atoms with van der Waals surface area (Å²) in [7, 11) is 0. The maximum Gasteiger partial charge on any atom is 0.243 e. The van der Waals surface area contributed by atoms with Crippen LogP contribution in [0.25, 0.3) is 0 Å². The largest absolute Gasteiger partial charge is 0.291 e. The second-order valence-electron chi connectivity index (χ2n) is 6.10. The number of hydrogen-bond donors (Lipinski definition) is 0. The highest BCUT2D eigenvalue weighted by Gasteiger charge is 2.18. The van der Waals surface area contributed by atoms with Crippen molar-refractivity contribution in [2.75, 3.05) is 24.7 Å². The van der Waals surface area contributed by atoms with Gasteiger partial charge in [-0.2, -0.15) is 0 Å². The summed E-state index contributed by atoms with van der Waals surface area (Å²) in [5.41, 5.74) is 0. The van der Waals surface area contributed by atoms with E-state index in [2.05, 4.69) is 20.8 Å². The first kappa shape index (κ1) is 23.8. The highest BCUT2D eigenvalue weighted by atomic mass is 35.5. The van der Waals surface area contributed by atoms with Crippen LogP contribution in [0.5, 0.6) is 0 Å². The van der Waals surface area contributed by atoms with Crippen LogP contribution in [0.2, 0.25) is 0 Å². The number of thioether (sulfide) groups is 1. The number of nitrogens with zero attached hydrogens (tertiary/aromatic N) is 2. The van der Waals surface area contributed by atoms with Gasteiger partial charge in [0.05, 0.1) is 0 Å². The van der Waals surface area contributed by atoms with Crippen molar-refractivity contribution in [2.45, 2.75) is 85.0 Å². The number of halogens is 1. The zero-order valence-corrected chi connectivity index (χ0v) is 17.6. The van der Waals surface area contributed by atoms with E-state index in [4.69, 9.17) is 16.6 Å². The maximum absolute atomic E-state index is 12.2. The Hall–Kier alpha value is -0.220. The highest BCUT2D eigenvalue weighted by Crippen LogP contribution is 2.14. The average Bonchev–Trinajstić information content (AvgIpc) is 2.60. The van der Waals surface area contributed by atoms with Crippen molar-refractivity contribution in [1.82, 2.24) is 4.90 Å². The van der Waals surface area contributed by atoms with Crippen LogP contribution in [0, 0.1) is 0 Å². The van der Waals surface area contributed by atoms with E-state index in [-0.39, 0.29) is 11.8 Å². The van der Waals surface area contributed by atoms with Crippen LogP contribution in [-0.2, 0) is 4.79 Å². The van der Waals surface area contributed by atoms with Crippen molar-refractivity contribution < 1.29 is 4.79 Å². The molecular weight excluding hydrogens is 340 g/mol. The quantitative estimate of drug-likeness (QED) is 0.159. The second kappa shape index (κ2) is 17.6. The lowest BCUT2D eigenvalue weighted by molar-refractivity contribution is -0.124. The van der Waals surface area contributed by atoms with Crippen molar-refractivity contribution in [3.05, 3.63) is 0 Å². The van der Waals surface area contributed by atoms with Crippen molar-refractivity contribution >= 4 is 34.4 Å². The minimum Gasteiger partial charge on any atom is -0.291 e.